The van der Waals surface area contributed by atoms with Crippen molar-refractivity contribution in [2.24, 2.45) is 11.7 Å². The van der Waals surface area contributed by atoms with Crippen molar-refractivity contribution >= 4 is 15.9 Å². The van der Waals surface area contributed by atoms with Crippen LogP contribution in [-0.2, 0) is 0 Å². The summed E-state index contributed by atoms with van der Waals surface area (Å²) in [4.78, 5) is 0. The van der Waals surface area contributed by atoms with E-state index in [9.17, 15) is 5.11 Å². The van der Waals surface area contributed by atoms with Crippen molar-refractivity contribution in [2.75, 3.05) is 0 Å². The lowest BCUT2D eigenvalue weighted by Gasteiger charge is -2.14. The number of nitrogens with two attached hydrogens (primary N) is 1. The van der Waals surface area contributed by atoms with E-state index in [1.165, 1.54) is 0 Å². The Balaban J connectivity index is 2.65. The number of phenols is 1. The van der Waals surface area contributed by atoms with E-state index in [0.717, 1.165) is 18.4 Å². The Kier molecular flexibility index (Phi) is 4.61. The standard InChI is InChI=1S/C12H18BrNO/c1-8(2)3-5-11(14)9-4-6-12(15)10(13)7-9/h4,6-8,11,15H,3,5,14H2,1-2H3/t11-/m0/s1. The molecule has 0 amide bonds. The van der Waals surface area contributed by atoms with E-state index in [1.54, 1.807) is 6.07 Å². The van der Waals surface area contributed by atoms with E-state index in [2.05, 4.69) is 29.8 Å². The van der Waals surface area contributed by atoms with Gasteiger partial charge in [0.25, 0.3) is 0 Å². The van der Waals surface area contributed by atoms with Crippen molar-refractivity contribution in [2.45, 2.75) is 32.7 Å². The first-order valence-electron chi connectivity index (χ1n) is 5.24. The third-order valence-corrected chi connectivity index (χ3v) is 3.09. The molecule has 0 heterocycles. The molecule has 0 radical (unpaired) electrons. The first-order chi connectivity index (χ1) is 7.00. The Bertz CT molecular complexity index is 325. The zero-order valence-electron chi connectivity index (χ0n) is 9.20. The average molecular weight is 272 g/mol. The molecule has 3 heteroatoms. The van der Waals surface area contributed by atoms with Crippen molar-refractivity contribution in [3.8, 4) is 5.75 Å². The molecule has 15 heavy (non-hydrogen) atoms. The SMILES string of the molecule is CC(C)CC[C@H](N)c1ccc(O)c(Br)c1. The molecule has 0 unspecified atom stereocenters. The Hall–Kier alpha value is -0.540. The molecule has 0 saturated carbocycles. The van der Waals surface area contributed by atoms with Gasteiger partial charge in [0, 0.05) is 6.04 Å². The van der Waals surface area contributed by atoms with E-state index >= 15 is 0 Å². The Morgan fingerprint density at radius 2 is 2.00 bits per heavy atom. The number of hydrogen-bond acceptors (Lipinski definition) is 2. The summed E-state index contributed by atoms with van der Waals surface area (Å²) in [6.45, 7) is 4.39. The minimum absolute atomic E-state index is 0.0595. The number of phenolic OH excluding ortho intramolecular Hbond substituents is 1. The van der Waals surface area contributed by atoms with Crippen molar-refractivity contribution in [1.29, 1.82) is 0 Å². The smallest absolute Gasteiger partial charge is 0.129 e. The average Bonchev–Trinajstić information content (AvgIpc) is 2.18. The van der Waals surface area contributed by atoms with Crippen molar-refractivity contribution < 1.29 is 5.11 Å². The highest BCUT2D eigenvalue weighted by atomic mass is 79.9. The zero-order chi connectivity index (χ0) is 11.4. The minimum atomic E-state index is 0.0595. The molecule has 0 aliphatic carbocycles. The molecule has 0 aromatic heterocycles. The number of rotatable bonds is 4. The molecule has 1 aromatic carbocycles. The van der Waals surface area contributed by atoms with Crippen LogP contribution in [0.4, 0.5) is 0 Å². The first-order valence-corrected chi connectivity index (χ1v) is 6.04. The summed E-state index contributed by atoms with van der Waals surface area (Å²) in [5, 5.41) is 9.36. The predicted octanol–water partition coefficient (Wildman–Crippen LogP) is 3.59. The molecule has 3 N–H and O–H groups in total. The summed E-state index contributed by atoms with van der Waals surface area (Å²) in [6.07, 6.45) is 2.11. The summed E-state index contributed by atoms with van der Waals surface area (Å²) in [6, 6.07) is 5.50. The maximum Gasteiger partial charge on any atom is 0.129 e. The summed E-state index contributed by atoms with van der Waals surface area (Å²) < 4.78 is 0.708. The lowest BCUT2D eigenvalue weighted by Crippen LogP contribution is -2.11. The highest BCUT2D eigenvalue weighted by Gasteiger charge is 2.08. The molecule has 1 atom stereocenters. The molecule has 0 fully saturated rings. The van der Waals surface area contributed by atoms with Crippen LogP contribution in [0.3, 0.4) is 0 Å². The van der Waals surface area contributed by atoms with E-state index in [0.29, 0.717) is 10.4 Å². The predicted molar refractivity (Wildman–Crippen MR) is 66.8 cm³/mol. The molecule has 1 rings (SSSR count). The van der Waals surface area contributed by atoms with Crippen LogP contribution in [0.15, 0.2) is 22.7 Å². The maximum atomic E-state index is 9.36. The van der Waals surface area contributed by atoms with Gasteiger partial charge >= 0.3 is 0 Å². The molecule has 1 aromatic rings. The van der Waals surface area contributed by atoms with Crippen LogP contribution in [0.1, 0.15) is 38.3 Å². The molecule has 0 spiro atoms. The van der Waals surface area contributed by atoms with Gasteiger partial charge < -0.3 is 10.8 Å². The van der Waals surface area contributed by atoms with Crippen LogP contribution in [0.25, 0.3) is 0 Å². The third kappa shape index (κ3) is 3.84. The van der Waals surface area contributed by atoms with Gasteiger partial charge in [-0.2, -0.15) is 0 Å². The molecule has 0 saturated heterocycles. The monoisotopic (exact) mass is 271 g/mol. The number of aromatic hydroxyl groups is 1. The molecular formula is C12H18BrNO. The summed E-state index contributed by atoms with van der Waals surface area (Å²) in [5.74, 6) is 0.936. The van der Waals surface area contributed by atoms with Crippen molar-refractivity contribution in [3.05, 3.63) is 28.2 Å². The molecule has 0 aliphatic rings. The van der Waals surface area contributed by atoms with Gasteiger partial charge in [-0.05, 0) is 52.4 Å². The Labute approximate surface area is 99.6 Å². The second kappa shape index (κ2) is 5.52. The molecular weight excluding hydrogens is 254 g/mol. The van der Waals surface area contributed by atoms with Crippen molar-refractivity contribution in [3.63, 3.8) is 0 Å². The summed E-state index contributed by atoms with van der Waals surface area (Å²) in [5.41, 5.74) is 7.13. The van der Waals surface area contributed by atoms with E-state index in [4.69, 9.17) is 5.73 Å². The van der Waals surface area contributed by atoms with Gasteiger partial charge in [0.1, 0.15) is 5.75 Å². The molecule has 84 valence electrons. The van der Waals surface area contributed by atoms with E-state index < -0.39 is 0 Å². The summed E-state index contributed by atoms with van der Waals surface area (Å²) in [7, 11) is 0. The largest absolute Gasteiger partial charge is 0.507 e. The fourth-order valence-corrected chi connectivity index (χ4v) is 1.83. The van der Waals surface area contributed by atoms with Crippen LogP contribution in [0, 0.1) is 5.92 Å². The lowest BCUT2D eigenvalue weighted by molar-refractivity contribution is 0.470. The van der Waals surface area contributed by atoms with Crippen LogP contribution in [0.5, 0.6) is 5.75 Å². The van der Waals surface area contributed by atoms with Crippen LogP contribution < -0.4 is 5.73 Å². The van der Waals surface area contributed by atoms with E-state index in [1.807, 2.05) is 12.1 Å². The number of benzene rings is 1. The topological polar surface area (TPSA) is 46.2 Å². The molecule has 0 bridgehead atoms. The van der Waals surface area contributed by atoms with Crippen LogP contribution in [-0.4, -0.2) is 5.11 Å². The first kappa shape index (κ1) is 12.5. The van der Waals surface area contributed by atoms with Crippen LogP contribution in [0.2, 0.25) is 0 Å². The van der Waals surface area contributed by atoms with Gasteiger partial charge in [0.15, 0.2) is 0 Å². The quantitative estimate of drug-likeness (QED) is 0.879. The number of hydrogen-bond donors (Lipinski definition) is 2. The Morgan fingerprint density at radius 1 is 1.33 bits per heavy atom. The second-order valence-corrected chi connectivity index (χ2v) is 5.14. The van der Waals surface area contributed by atoms with Gasteiger partial charge in [-0.3, -0.25) is 0 Å². The van der Waals surface area contributed by atoms with E-state index in [-0.39, 0.29) is 11.8 Å². The zero-order valence-corrected chi connectivity index (χ0v) is 10.8. The van der Waals surface area contributed by atoms with Gasteiger partial charge in [0.2, 0.25) is 0 Å². The molecule has 2 nitrogen and oxygen atoms in total. The fraction of sp³-hybridized carbons (Fsp3) is 0.500. The second-order valence-electron chi connectivity index (χ2n) is 4.29. The fourth-order valence-electron chi connectivity index (χ4n) is 1.43. The van der Waals surface area contributed by atoms with Gasteiger partial charge in [0.05, 0.1) is 4.47 Å². The van der Waals surface area contributed by atoms with Gasteiger partial charge in [-0.15, -0.1) is 0 Å². The highest BCUT2D eigenvalue weighted by Crippen LogP contribution is 2.28. The maximum absolute atomic E-state index is 9.36. The third-order valence-electron chi connectivity index (χ3n) is 2.45. The summed E-state index contributed by atoms with van der Waals surface area (Å²) >= 11 is 3.29. The minimum Gasteiger partial charge on any atom is -0.507 e. The van der Waals surface area contributed by atoms with Crippen LogP contribution >= 0.6 is 15.9 Å². The molecule has 0 aliphatic heterocycles. The number of halogens is 1. The lowest BCUT2D eigenvalue weighted by atomic mass is 9.98. The Morgan fingerprint density at radius 3 is 2.53 bits per heavy atom. The van der Waals surface area contributed by atoms with Gasteiger partial charge in [-0.1, -0.05) is 19.9 Å². The highest BCUT2D eigenvalue weighted by molar-refractivity contribution is 9.10. The van der Waals surface area contributed by atoms with Crippen molar-refractivity contribution in [1.82, 2.24) is 0 Å². The normalized spacial score (nSPS) is 13.1. The van der Waals surface area contributed by atoms with Gasteiger partial charge in [-0.25, -0.2) is 0 Å².